The van der Waals surface area contributed by atoms with E-state index in [9.17, 15) is 9.18 Å². The molecule has 25 heavy (non-hydrogen) atoms. The molecular weight excluding hydrogens is 317 g/mol. The molecule has 0 bridgehead atoms. The van der Waals surface area contributed by atoms with Crippen LogP contribution in [0.5, 0.6) is 0 Å². The fraction of sp³-hybridized carbons (Fsp3) is 0.350. The van der Waals surface area contributed by atoms with E-state index in [-0.39, 0.29) is 11.7 Å². The van der Waals surface area contributed by atoms with Gasteiger partial charge in [0.1, 0.15) is 5.82 Å². The van der Waals surface area contributed by atoms with Gasteiger partial charge in [0, 0.05) is 43.1 Å². The van der Waals surface area contributed by atoms with Gasteiger partial charge in [-0.3, -0.25) is 4.79 Å². The number of anilines is 3. The molecule has 134 valence electrons. The Labute approximate surface area is 149 Å². The standard InChI is InChI=1S/C20H26FN3O/c1-4-24(5-2)18-10-11-19(15(3)14-18)22-13-12-20(25)23-17-8-6-16(21)7-9-17/h6-11,14,22H,4-5,12-13H2,1-3H3,(H,23,25). The van der Waals surface area contributed by atoms with Crippen LogP contribution < -0.4 is 15.5 Å². The van der Waals surface area contributed by atoms with E-state index in [1.54, 1.807) is 12.1 Å². The molecule has 0 aliphatic heterocycles. The quantitative estimate of drug-likeness (QED) is 0.746. The van der Waals surface area contributed by atoms with Crippen LogP contribution >= 0.6 is 0 Å². The van der Waals surface area contributed by atoms with Crippen molar-refractivity contribution in [3.05, 3.63) is 53.8 Å². The molecular formula is C20H26FN3O. The normalized spacial score (nSPS) is 10.4. The first kappa shape index (κ1) is 18.8. The second-order valence-electron chi connectivity index (χ2n) is 5.90. The van der Waals surface area contributed by atoms with Gasteiger partial charge in [0.25, 0.3) is 0 Å². The predicted octanol–water partition coefficient (Wildman–Crippen LogP) is 4.42. The van der Waals surface area contributed by atoms with Crippen LogP contribution in [0.25, 0.3) is 0 Å². The summed E-state index contributed by atoms with van der Waals surface area (Å²) in [7, 11) is 0. The van der Waals surface area contributed by atoms with Crippen molar-refractivity contribution in [3.8, 4) is 0 Å². The highest BCUT2D eigenvalue weighted by atomic mass is 19.1. The fourth-order valence-electron chi connectivity index (χ4n) is 2.70. The molecule has 0 fully saturated rings. The summed E-state index contributed by atoms with van der Waals surface area (Å²) in [5, 5.41) is 6.06. The molecule has 1 amide bonds. The first-order valence-corrected chi connectivity index (χ1v) is 8.68. The smallest absolute Gasteiger partial charge is 0.226 e. The van der Waals surface area contributed by atoms with Crippen LogP contribution in [-0.2, 0) is 4.79 Å². The summed E-state index contributed by atoms with van der Waals surface area (Å²) in [6.45, 7) is 8.85. The average molecular weight is 343 g/mol. The Morgan fingerprint density at radius 3 is 2.36 bits per heavy atom. The Kier molecular flexibility index (Phi) is 6.81. The Morgan fingerprint density at radius 1 is 1.08 bits per heavy atom. The lowest BCUT2D eigenvalue weighted by molar-refractivity contribution is -0.115. The maximum atomic E-state index is 12.9. The maximum Gasteiger partial charge on any atom is 0.226 e. The molecule has 2 aromatic carbocycles. The molecule has 2 rings (SSSR count). The first-order chi connectivity index (χ1) is 12.0. The van der Waals surface area contributed by atoms with E-state index in [0.29, 0.717) is 18.7 Å². The summed E-state index contributed by atoms with van der Waals surface area (Å²) in [4.78, 5) is 14.2. The Bertz CT molecular complexity index is 697. The largest absolute Gasteiger partial charge is 0.384 e. The zero-order valence-electron chi connectivity index (χ0n) is 15.1. The molecule has 0 radical (unpaired) electrons. The van der Waals surface area contributed by atoms with Gasteiger partial charge in [-0.05, 0) is 68.8 Å². The highest BCUT2D eigenvalue weighted by molar-refractivity contribution is 5.90. The van der Waals surface area contributed by atoms with Crippen LogP contribution in [0.2, 0.25) is 0 Å². The van der Waals surface area contributed by atoms with Crippen LogP contribution in [0.4, 0.5) is 21.5 Å². The first-order valence-electron chi connectivity index (χ1n) is 8.68. The van der Waals surface area contributed by atoms with E-state index in [4.69, 9.17) is 0 Å². The molecule has 0 unspecified atom stereocenters. The van der Waals surface area contributed by atoms with Crippen LogP contribution in [-0.4, -0.2) is 25.5 Å². The highest BCUT2D eigenvalue weighted by Gasteiger charge is 2.06. The minimum atomic E-state index is -0.316. The minimum Gasteiger partial charge on any atom is -0.384 e. The number of amides is 1. The number of nitrogens with zero attached hydrogens (tertiary/aromatic N) is 1. The number of benzene rings is 2. The Balaban J connectivity index is 1.84. The van der Waals surface area contributed by atoms with E-state index in [1.165, 1.54) is 17.8 Å². The Hall–Kier alpha value is -2.56. The molecule has 0 saturated heterocycles. The molecule has 4 nitrogen and oxygen atoms in total. The van der Waals surface area contributed by atoms with Crippen LogP contribution in [0.15, 0.2) is 42.5 Å². The number of halogens is 1. The van der Waals surface area contributed by atoms with Gasteiger partial charge in [0.15, 0.2) is 0 Å². The number of hydrogen-bond acceptors (Lipinski definition) is 3. The third-order valence-corrected chi connectivity index (χ3v) is 4.13. The number of hydrogen-bond donors (Lipinski definition) is 2. The highest BCUT2D eigenvalue weighted by Crippen LogP contribution is 2.22. The molecule has 0 atom stereocenters. The fourth-order valence-corrected chi connectivity index (χ4v) is 2.70. The van der Waals surface area contributed by atoms with E-state index in [2.05, 4.69) is 54.5 Å². The third-order valence-electron chi connectivity index (χ3n) is 4.13. The molecule has 0 heterocycles. The van der Waals surface area contributed by atoms with E-state index in [1.807, 2.05) is 0 Å². The van der Waals surface area contributed by atoms with Crippen molar-refractivity contribution < 1.29 is 9.18 Å². The molecule has 0 spiro atoms. The molecule has 2 N–H and O–H groups in total. The summed E-state index contributed by atoms with van der Waals surface area (Å²) >= 11 is 0. The Morgan fingerprint density at radius 2 is 1.76 bits per heavy atom. The lowest BCUT2D eigenvalue weighted by Crippen LogP contribution is -2.22. The van der Waals surface area contributed by atoms with Crippen molar-refractivity contribution in [1.82, 2.24) is 0 Å². The number of carbonyl (C=O) groups excluding carboxylic acids is 1. The van der Waals surface area contributed by atoms with Crippen molar-refractivity contribution in [2.24, 2.45) is 0 Å². The second kappa shape index (κ2) is 9.06. The molecule has 0 aliphatic rings. The van der Waals surface area contributed by atoms with E-state index in [0.717, 1.165) is 24.3 Å². The van der Waals surface area contributed by atoms with Gasteiger partial charge in [-0.15, -0.1) is 0 Å². The van der Waals surface area contributed by atoms with Crippen molar-refractivity contribution in [2.45, 2.75) is 27.2 Å². The lowest BCUT2D eigenvalue weighted by Gasteiger charge is -2.22. The van der Waals surface area contributed by atoms with Crippen LogP contribution in [0.1, 0.15) is 25.8 Å². The summed E-state index contributed by atoms with van der Waals surface area (Å²) < 4.78 is 12.9. The topological polar surface area (TPSA) is 44.4 Å². The van der Waals surface area contributed by atoms with Crippen molar-refractivity contribution >= 4 is 23.0 Å². The SMILES string of the molecule is CCN(CC)c1ccc(NCCC(=O)Nc2ccc(F)cc2)c(C)c1. The van der Waals surface area contributed by atoms with Gasteiger partial charge in [0.2, 0.25) is 5.91 Å². The maximum absolute atomic E-state index is 12.9. The third kappa shape index (κ3) is 5.48. The van der Waals surface area contributed by atoms with Crippen LogP contribution in [0, 0.1) is 12.7 Å². The van der Waals surface area contributed by atoms with Crippen molar-refractivity contribution in [2.75, 3.05) is 35.2 Å². The summed E-state index contributed by atoms with van der Waals surface area (Å²) in [6.07, 6.45) is 0.342. The van der Waals surface area contributed by atoms with Gasteiger partial charge in [-0.1, -0.05) is 0 Å². The monoisotopic (exact) mass is 343 g/mol. The van der Waals surface area contributed by atoms with Crippen LogP contribution in [0.3, 0.4) is 0 Å². The molecule has 0 aliphatic carbocycles. The number of rotatable bonds is 8. The molecule has 0 saturated carbocycles. The van der Waals surface area contributed by atoms with Crippen molar-refractivity contribution in [3.63, 3.8) is 0 Å². The minimum absolute atomic E-state index is 0.100. The van der Waals surface area contributed by atoms with Gasteiger partial charge in [-0.2, -0.15) is 0 Å². The molecule has 2 aromatic rings. The number of aryl methyl sites for hydroxylation is 1. The zero-order valence-corrected chi connectivity index (χ0v) is 15.1. The summed E-state index contributed by atoms with van der Waals surface area (Å²) in [5.74, 6) is -0.417. The predicted molar refractivity (Wildman–Crippen MR) is 103 cm³/mol. The number of nitrogens with one attached hydrogen (secondary N) is 2. The van der Waals surface area contributed by atoms with E-state index >= 15 is 0 Å². The molecule has 5 heteroatoms. The average Bonchev–Trinajstić information content (AvgIpc) is 2.60. The van der Waals surface area contributed by atoms with E-state index < -0.39 is 0 Å². The van der Waals surface area contributed by atoms with Gasteiger partial charge in [-0.25, -0.2) is 4.39 Å². The van der Waals surface area contributed by atoms with Gasteiger partial charge >= 0.3 is 0 Å². The second-order valence-corrected chi connectivity index (χ2v) is 5.90. The summed E-state index contributed by atoms with van der Waals surface area (Å²) in [5.41, 5.74) is 4.00. The lowest BCUT2D eigenvalue weighted by atomic mass is 10.1. The van der Waals surface area contributed by atoms with Gasteiger partial charge < -0.3 is 15.5 Å². The zero-order chi connectivity index (χ0) is 18.2. The molecule has 0 aromatic heterocycles. The summed E-state index contributed by atoms with van der Waals surface area (Å²) in [6, 6.07) is 12.1. The van der Waals surface area contributed by atoms with Crippen molar-refractivity contribution in [1.29, 1.82) is 0 Å². The van der Waals surface area contributed by atoms with Gasteiger partial charge in [0.05, 0.1) is 0 Å². The number of carbonyl (C=O) groups is 1.